The van der Waals surface area contributed by atoms with Crippen molar-refractivity contribution in [3.63, 3.8) is 0 Å². The molecule has 0 saturated carbocycles. The molecule has 0 radical (unpaired) electrons. The van der Waals surface area contributed by atoms with Crippen LogP contribution >= 0.6 is 11.8 Å². The van der Waals surface area contributed by atoms with Gasteiger partial charge in [-0.15, -0.1) is 11.8 Å². The maximum absolute atomic E-state index is 12.7. The van der Waals surface area contributed by atoms with Crippen LogP contribution in [0, 0.1) is 0 Å². The van der Waals surface area contributed by atoms with E-state index in [1.165, 1.54) is 0 Å². The van der Waals surface area contributed by atoms with Gasteiger partial charge < -0.3 is 10.0 Å². The molecule has 5 heteroatoms. The summed E-state index contributed by atoms with van der Waals surface area (Å²) in [5.74, 6) is 1.27. The van der Waals surface area contributed by atoms with E-state index in [-0.39, 0.29) is 16.7 Å². The number of benzene rings is 1. The molecule has 0 unspecified atom stereocenters. The highest BCUT2D eigenvalue weighted by molar-refractivity contribution is 7.99. The highest BCUT2D eigenvalue weighted by atomic mass is 32.2. The number of rotatable bonds is 7. The molecule has 0 bridgehead atoms. The molecule has 1 aromatic heterocycles. The number of phenols is 1. The molecule has 1 N–H and O–H groups in total. The molecule has 0 fully saturated rings. The van der Waals surface area contributed by atoms with Gasteiger partial charge in [0.15, 0.2) is 0 Å². The summed E-state index contributed by atoms with van der Waals surface area (Å²) in [5.41, 5.74) is 2.70. The van der Waals surface area contributed by atoms with Crippen molar-refractivity contribution in [2.75, 3.05) is 12.3 Å². The Kier molecular flexibility index (Phi) is 7.98. The van der Waals surface area contributed by atoms with Gasteiger partial charge in [0, 0.05) is 53.7 Å². The van der Waals surface area contributed by atoms with Gasteiger partial charge in [0.25, 0.3) is 0 Å². The molecular weight excluding hydrogens is 392 g/mol. The molecule has 0 aliphatic rings. The smallest absolute Gasteiger partial charge is 0.223 e. The van der Waals surface area contributed by atoms with Gasteiger partial charge in [-0.2, -0.15) is 0 Å². The van der Waals surface area contributed by atoms with Crippen LogP contribution in [0.5, 0.6) is 5.75 Å². The normalized spacial score (nSPS) is 12.1. The highest BCUT2D eigenvalue weighted by Crippen LogP contribution is 2.41. The van der Waals surface area contributed by atoms with Crippen molar-refractivity contribution in [3.8, 4) is 5.75 Å². The molecule has 164 valence electrons. The Morgan fingerprint density at radius 3 is 2.03 bits per heavy atom. The molecule has 2 aromatic rings. The van der Waals surface area contributed by atoms with Crippen LogP contribution in [-0.2, 0) is 22.2 Å². The van der Waals surface area contributed by atoms with Gasteiger partial charge in [-0.05, 0) is 47.6 Å². The molecule has 1 heterocycles. The zero-order valence-electron chi connectivity index (χ0n) is 19.5. The fraction of sp³-hybridized carbons (Fsp3) is 0.520. The Labute approximate surface area is 186 Å². The van der Waals surface area contributed by atoms with Crippen LogP contribution in [0.4, 0.5) is 0 Å². The van der Waals surface area contributed by atoms with Crippen LogP contribution in [0.15, 0.2) is 41.6 Å². The van der Waals surface area contributed by atoms with Crippen molar-refractivity contribution in [1.82, 2.24) is 9.88 Å². The summed E-state index contributed by atoms with van der Waals surface area (Å²) in [4.78, 5) is 19.8. The van der Waals surface area contributed by atoms with E-state index in [2.05, 4.69) is 58.7 Å². The lowest BCUT2D eigenvalue weighted by Gasteiger charge is -2.28. The molecule has 2 rings (SSSR count). The van der Waals surface area contributed by atoms with Crippen molar-refractivity contribution >= 4 is 17.7 Å². The Balaban J connectivity index is 2.10. The number of nitrogens with zero attached hydrogens (tertiary/aromatic N) is 2. The van der Waals surface area contributed by atoms with Crippen LogP contribution in [0.3, 0.4) is 0 Å². The summed E-state index contributed by atoms with van der Waals surface area (Å²) in [5, 5.41) is 10.9. The number of carbonyl (C=O) groups excluding carboxylic acids is 1. The van der Waals surface area contributed by atoms with E-state index in [4.69, 9.17) is 0 Å². The molecule has 30 heavy (non-hydrogen) atoms. The number of hydrogen-bond donors (Lipinski definition) is 1. The second-order valence-corrected chi connectivity index (χ2v) is 10.9. The van der Waals surface area contributed by atoms with E-state index in [9.17, 15) is 9.90 Å². The van der Waals surface area contributed by atoms with Gasteiger partial charge in [0.2, 0.25) is 5.91 Å². The first kappa shape index (κ1) is 24.3. The van der Waals surface area contributed by atoms with Crippen molar-refractivity contribution < 1.29 is 9.90 Å². The summed E-state index contributed by atoms with van der Waals surface area (Å²) >= 11 is 1.68. The fourth-order valence-electron chi connectivity index (χ4n) is 3.33. The van der Waals surface area contributed by atoms with E-state index in [0.717, 1.165) is 21.6 Å². The quantitative estimate of drug-likeness (QED) is 0.557. The third kappa shape index (κ3) is 6.49. The minimum absolute atomic E-state index is 0.153. The number of thioether (sulfide) groups is 1. The van der Waals surface area contributed by atoms with Crippen LogP contribution in [-0.4, -0.2) is 33.2 Å². The third-order valence-corrected chi connectivity index (χ3v) is 6.12. The van der Waals surface area contributed by atoms with Gasteiger partial charge in [-0.1, -0.05) is 41.5 Å². The van der Waals surface area contributed by atoms with E-state index < -0.39 is 0 Å². The topological polar surface area (TPSA) is 53.4 Å². The summed E-state index contributed by atoms with van der Waals surface area (Å²) in [6.07, 6.45) is 4.00. The monoisotopic (exact) mass is 428 g/mol. The van der Waals surface area contributed by atoms with Crippen molar-refractivity contribution in [1.29, 1.82) is 0 Å². The molecule has 0 spiro atoms. The number of aromatic hydroxyl groups is 1. The molecule has 1 amide bonds. The average Bonchev–Trinajstić information content (AvgIpc) is 2.66. The van der Waals surface area contributed by atoms with Gasteiger partial charge in [0.1, 0.15) is 5.75 Å². The molecule has 0 aliphatic heterocycles. The number of amides is 1. The number of aromatic nitrogens is 1. The second kappa shape index (κ2) is 9.86. The van der Waals surface area contributed by atoms with E-state index >= 15 is 0 Å². The van der Waals surface area contributed by atoms with E-state index in [1.54, 1.807) is 24.2 Å². The summed E-state index contributed by atoms with van der Waals surface area (Å²) < 4.78 is 0. The number of phenolic OH excluding ortho intramolecular Hbond substituents is 1. The Morgan fingerprint density at radius 2 is 1.57 bits per heavy atom. The standard InChI is InChI=1S/C25H36N2O2S/c1-8-27(17-18-9-12-26-13-10-18)22(28)11-14-30-19-15-20(24(2,3)4)23(29)21(16-19)25(5,6)7/h9-10,12-13,15-16,29H,8,11,14,17H2,1-7H3. The van der Waals surface area contributed by atoms with Crippen LogP contribution in [0.1, 0.15) is 71.6 Å². The second-order valence-electron chi connectivity index (χ2n) is 9.73. The summed E-state index contributed by atoms with van der Waals surface area (Å²) in [6.45, 7) is 16.0. The molecular formula is C25H36N2O2S. The lowest BCUT2D eigenvalue weighted by molar-refractivity contribution is -0.131. The first-order valence-corrected chi connectivity index (χ1v) is 11.6. The average molecular weight is 429 g/mol. The first-order valence-electron chi connectivity index (χ1n) is 10.6. The zero-order valence-corrected chi connectivity index (χ0v) is 20.3. The van der Waals surface area contributed by atoms with Crippen molar-refractivity contribution in [2.45, 2.75) is 77.2 Å². The van der Waals surface area contributed by atoms with E-state index in [1.807, 2.05) is 24.0 Å². The van der Waals surface area contributed by atoms with Gasteiger partial charge in [-0.25, -0.2) is 0 Å². The van der Waals surface area contributed by atoms with Crippen LogP contribution < -0.4 is 0 Å². The lowest BCUT2D eigenvalue weighted by atomic mass is 9.79. The maximum Gasteiger partial charge on any atom is 0.223 e. The minimum atomic E-state index is -0.153. The number of carbonyl (C=O) groups is 1. The lowest BCUT2D eigenvalue weighted by Crippen LogP contribution is -2.30. The number of hydrogen-bond acceptors (Lipinski definition) is 4. The van der Waals surface area contributed by atoms with Crippen LogP contribution in [0.25, 0.3) is 0 Å². The Bertz CT molecular complexity index is 817. The molecule has 1 aromatic carbocycles. The maximum atomic E-state index is 12.7. The SMILES string of the molecule is CCN(Cc1ccncc1)C(=O)CCSc1cc(C(C)(C)C)c(O)c(C(C)(C)C)c1. The van der Waals surface area contributed by atoms with Crippen LogP contribution in [0.2, 0.25) is 0 Å². The largest absolute Gasteiger partial charge is 0.507 e. The predicted molar refractivity (Wildman–Crippen MR) is 126 cm³/mol. The van der Waals surface area contributed by atoms with E-state index in [0.29, 0.717) is 31.0 Å². The molecule has 0 saturated heterocycles. The number of pyridine rings is 1. The Morgan fingerprint density at radius 1 is 1.03 bits per heavy atom. The van der Waals surface area contributed by atoms with Gasteiger partial charge >= 0.3 is 0 Å². The summed E-state index contributed by atoms with van der Waals surface area (Å²) in [7, 11) is 0. The zero-order chi connectivity index (χ0) is 22.5. The first-order chi connectivity index (χ1) is 13.9. The fourth-order valence-corrected chi connectivity index (χ4v) is 4.25. The van der Waals surface area contributed by atoms with Gasteiger partial charge in [0.05, 0.1) is 0 Å². The van der Waals surface area contributed by atoms with Crippen molar-refractivity contribution in [3.05, 3.63) is 53.3 Å². The predicted octanol–water partition coefficient (Wildman–Crippen LogP) is 5.91. The summed E-state index contributed by atoms with van der Waals surface area (Å²) in [6, 6.07) is 8.05. The highest BCUT2D eigenvalue weighted by Gasteiger charge is 2.26. The molecule has 0 atom stereocenters. The Hall–Kier alpha value is -2.01. The third-order valence-electron chi connectivity index (χ3n) is 5.14. The molecule has 4 nitrogen and oxygen atoms in total. The van der Waals surface area contributed by atoms with Crippen molar-refractivity contribution in [2.24, 2.45) is 0 Å². The van der Waals surface area contributed by atoms with Gasteiger partial charge in [-0.3, -0.25) is 9.78 Å². The molecule has 0 aliphatic carbocycles. The minimum Gasteiger partial charge on any atom is -0.507 e.